The summed E-state index contributed by atoms with van der Waals surface area (Å²) in [5, 5.41) is 4.88. The summed E-state index contributed by atoms with van der Waals surface area (Å²) < 4.78 is 6.43. The molecule has 0 aliphatic carbocycles. The van der Waals surface area contributed by atoms with Crippen LogP contribution in [0.5, 0.6) is 5.75 Å². The van der Waals surface area contributed by atoms with Crippen LogP contribution >= 0.6 is 0 Å². The van der Waals surface area contributed by atoms with E-state index in [0.29, 0.717) is 23.5 Å². The van der Waals surface area contributed by atoms with Crippen molar-refractivity contribution in [3.8, 4) is 11.4 Å². The molecular weight excluding hydrogens is 364 g/mol. The van der Waals surface area contributed by atoms with E-state index < -0.39 is 17.4 Å². The van der Waals surface area contributed by atoms with Gasteiger partial charge in [0.1, 0.15) is 11.6 Å². The molecule has 0 saturated carbocycles. The summed E-state index contributed by atoms with van der Waals surface area (Å²) in [6.45, 7) is 3.87. The maximum atomic E-state index is 12.5. The van der Waals surface area contributed by atoms with Crippen molar-refractivity contribution in [1.82, 2.24) is 9.88 Å². The third-order valence-corrected chi connectivity index (χ3v) is 4.26. The van der Waals surface area contributed by atoms with Crippen LogP contribution in [0.1, 0.15) is 41.0 Å². The van der Waals surface area contributed by atoms with E-state index in [1.54, 1.807) is 12.1 Å². The molecule has 0 unspecified atom stereocenters. The Morgan fingerprint density at radius 3 is 2.57 bits per heavy atom. The van der Waals surface area contributed by atoms with E-state index in [9.17, 15) is 19.2 Å². The monoisotopic (exact) mass is 384 g/mol. The molecule has 0 atom stereocenters. The smallest absolute Gasteiger partial charge is 0.262 e. The Morgan fingerprint density at radius 2 is 1.93 bits per heavy atom. The number of nitrogens with two attached hydrogens (primary N) is 1. The maximum Gasteiger partial charge on any atom is 0.262 e. The van der Waals surface area contributed by atoms with Crippen LogP contribution in [0, 0.1) is 5.92 Å². The lowest BCUT2D eigenvalue weighted by molar-refractivity contribution is -0.116. The van der Waals surface area contributed by atoms with Gasteiger partial charge in [0, 0.05) is 18.6 Å². The van der Waals surface area contributed by atoms with Crippen LogP contribution < -0.4 is 26.7 Å². The molecule has 0 spiro atoms. The van der Waals surface area contributed by atoms with E-state index >= 15 is 0 Å². The van der Waals surface area contributed by atoms with Gasteiger partial charge in [0.25, 0.3) is 17.4 Å². The number of carbonyl (C=O) groups is 3. The molecular formula is C19H20N4O5. The molecule has 3 rings (SSSR count). The quantitative estimate of drug-likeness (QED) is 0.666. The molecule has 0 radical (unpaired) electrons. The summed E-state index contributed by atoms with van der Waals surface area (Å²) >= 11 is 0. The molecule has 4 N–H and O–H groups in total. The Labute approximate surface area is 160 Å². The van der Waals surface area contributed by atoms with E-state index in [1.807, 2.05) is 13.8 Å². The highest BCUT2D eigenvalue weighted by molar-refractivity contribution is 6.23. The second-order valence-electron chi connectivity index (χ2n) is 6.81. The van der Waals surface area contributed by atoms with Crippen molar-refractivity contribution in [2.75, 3.05) is 18.2 Å². The van der Waals surface area contributed by atoms with Gasteiger partial charge in [-0.3, -0.25) is 29.1 Å². The van der Waals surface area contributed by atoms with Gasteiger partial charge in [0.2, 0.25) is 5.91 Å². The number of carbonyl (C=O) groups excluding carboxylic acids is 3. The summed E-state index contributed by atoms with van der Waals surface area (Å²) in [6, 6.07) is 5.73. The van der Waals surface area contributed by atoms with Crippen LogP contribution in [0.4, 0.5) is 11.5 Å². The van der Waals surface area contributed by atoms with Gasteiger partial charge in [0.15, 0.2) is 0 Å². The van der Waals surface area contributed by atoms with Crippen LogP contribution in [-0.4, -0.2) is 29.4 Å². The Hall–Kier alpha value is -3.62. The van der Waals surface area contributed by atoms with E-state index in [1.165, 1.54) is 13.2 Å². The molecule has 0 saturated heterocycles. The van der Waals surface area contributed by atoms with Gasteiger partial charge in [-0.1, -0.05) is 13.8 Å². The molecule has 2 heterocycles. The number of ether oxygens (including phenoxy) is 1. The Balaban J connectivity index is 2.05. The number of pyridine rings is 1. The fourth-order valence-electron chi connectivity index (χ4n) is 3.04. The number of imide groups is 1. The number of hydrogen-bond acceptors (Lipinski definition) is 6. The summed E-state index contributed by atoms with van der Waals surface area (Å²) in [5.74, 6) is -1.10. The minimum atomic E-state index is -0.657. The predicted molar refractivity (Wildman–Crippen MR) is 103 cm³/mol. The summed E-state index contributed by atoms with van der Waals surface area (Å²) in [4.78, 5) is 48.3. The standard InChI is InChI=1S/C19H20N4O5/c1-9(2)6-14(24)21-12-5-4-10(7-13(12)28-3)23-15(25)8-11-16(17(23)20)19(27)22-18(11)26/h4-5,7-9H,6,20H2,1-3H3,(H,21,24)(H,22,26,27). The highest BCUT2D eigenvalue weighted by Crippen LogP contribution is 2.29. The molecule has 1 aliphatic heterocycles. The highest BCUT2D eigenvalue weighted by atomic mass is 16.5. The zero-order chi connectivity index (χ0) is 20.6. The lowest BCUT2D eigenvalue weighted by atomic mass is 10.1. The number of rotatable bonds is 5. The van der Waals surface area contributed by atoms with Crippen LogP contribution in [0.3, 0.4) is 0 Å². The maximum absolute atomic E-state index is 12.5. The third-order valence-electron chi connectivity index (χ3n) is 4.26. The van der Waals surface area contributed by atoms with Gasteiger partial charge in [-0.15, -0.1) is 0 Å². The molecule has 146 valence electrons. The number of amides is 3. The molecule has 1 aromatic heterocycles. The van der Waals surface area contributed by atoms with Crippen molar-refractivity contribution in [2.45, 2.75) is 20.3 Å². The molecule has 1 aromatic carbocycles. The highest BCUT2D eigenvalue weighted by Gasteiger charge is 2.32. The lowest BCUT2D eigenvalue weighted by Gasteiger charge is -2.15. The number of fused-ring (bicyclic) bond motifs is 1. The first-order valence-electron chi connectivity index (χ1n) is 8.62. The molecule has 9 heteroatoms. The molecule has 2 aromatic rings. The third kappa shape index (κ3) is 3.34. The van der Waals surface area contributed by atoms with E-state index in [2.05, 4.69) is 10.6 Å². The van der Waals surface area contributed by atoms with Gasteiger partial charge in [0.05, 0.1) is 29.6 Å². The number of benzene rings is 1. The van der Waals surface area contributed by atoms with E-state index in [-0.39, 0.29) is 28.8 Å². The van der Waals surface area contributed by atoms with Crippen molar-refractivity contribution < 1.29 is 19.1 Å². The first kappa shape index (κ1) is 19.2. The van der Waals surface area contributed by atoms with Gasteiger partial charge in [-0.2, -0.15) is 0 Å². The fourth-order valence-corrected chi connectivity index (χ4v) is 3.04. The minimum Gasteiger partial charge on any atom is -0.494 e. The molecule has 1 aliphatic rings. The zero-order valence-corrected chi connectivity index (χ0v) is 15.7. The fraction of sp³-hybridized carbons (Fsp3) is 0.263. The average Bonchev–Trinajstić information content (AvgIpc) is 2.89. The summed E-state index contributed by atoms with van der Waals surface area (Å²) in [6.07, 6.45) is 0.352. The molecule has 0 fully saturated rings. The van der Waals surface area contributed by atoms with Gasteiger partial charge < -0.3 is 15.8 Å². The number of nitrogen functional groups attached to an aromatic ring is 1. The SMILES string of the molecule is COc1cc(-n2c(N)c3c(cc2=O)C(=O)NC3=O)ccc1NC(=O)CC(C)C. The molecule has 9 nitrogen and oxygen atoms in total. The topological polar surface area (TPSA) is 133 Å². The summed E-state index contributed by atoms with van der Waals surface area (Å²) in [7, 11) is 1.43. The summed E-state index contributed by atoms with van der Waals surface area (Å²) in [5.41, 5.74) is 6.14. The number of nitrogens with one attached hydrogen (secondary N) is 2. The van der Waals surface area contributed by atoms with Crippen molar-refractivity contribution >= 4 is 29.2 Å². The van der Waals surface area contributed by atoms with Crippen LogP contribution in [-0.2, 0) is 4.79 Å². The van der Waals surface area contributed by atoms with Crippen LogP contribution in [0.25, 0.3) is 5.69 Å². The van der Waals surface area contributed by atoms with Gasteiger partial charge >= 0.3 is 0 Å². The second-order valence-corrected chi connectivity index (χ2v) is 6.81. The normalized spacial score (nSPS) is 12.7. The zero-order valence-electron chi connectivity index (χ0n) is 15.7. The van der Waals surface area contributed by atoms with Crippen LogP contribution in [0.15, 0.2) is 29.1 Å². The number of anilines is 2. The average molecular weight is 384 g/mol. The van der Waals surface area contributed by atoms with Gasteiger partial charge in [-0.05, 0) is 18.1 Å². The molecule has 3 amide bonds. The molecule has 0 bridgehead atoms. The van der Waals surface area contributed by atoms with Crippen molar-refractivity contribution in [2.24, 2.45) is 5.92 Å². The minimum absolute atomic E-state index is 0.0436. The Morgan fingerprint density at radius 1 is 1.21 bits per heavy atom. The first-order valence-corrected chi connectivity index (χ1v) is 8.62. The number of nitrogens with zero attached hydrogens (tertiary/aromatic N) is 1. The van der Waals surface area contributed by atoms with Crippen molar-refractivity contribution in [3.63, 3.8) is 0 Å². The Bertz CT molecular complexity index is 1060. The second kappa shape index (κ2) is 7.18. The number of methoxy groups -OCH3 is 1. The predicted octanol–water partition coefficient (Wildman–Crippen LogP) is 1.30. The first-order chi connectivity index (χ1) is 13.2. The van der Waals surface area contributed by atoms with Crippen molar-refractivity contribution in [3.05, 3.63) is 45.7 Å². The molecule has 28 heavy (non-hydrogen) atoms. The largest absolute Gasteiger partial charge is 0.494 e. The van der Waals surface area contributed by atoms with Crippen molar-refractivity contribution in [1.29, 1.82) is 0 Å². The van der Waals surface area contributed by atoms with Gasteiger partial charge in [-0.25, -0.2) is 0 Å². The van der Waals surface area contributed by atoms with E-state index in [0.717, 1.165) is 10.6 Å². The number of hydrogen-bond donors (Lipinski definition) is 3. The lowest BCUT2D eigenvalue weighted by Crippen LogP contribution is -2.24. The number of aromatic nitrogens is 1. The van der Waals surface area contributed by atoms with E-state index in [4.69, 9.17) is 10.5 Å². The Kier molecular flexibility index (Phi) is 4.91. The van der Waals surface area contributed by atoms with Crippen LogP contribution in [0.2, 0.25) is 0 Å².